The van der Waals surface area contributed by atoms with Crippen LogP contribution in [-0.4, -0.2) is 87.5 Å². The molecule has 0 saturated carbocycles. The summed E-state index contributed by atoms with van der Waals surface area (Å²) >= 11 is 0. The summed E-state index contributed by atoms with van der Waals surface area (Å²) in [5.74, 6) is -0.187. The first-order valence-corrected chi connectivity index (χ1v) is 32.5. The molecule has 444 valence electrons. The zero-order valence-electron chi connectivity index (χ0n) is 49.5. The molecule has 9 nitrogen and oxygen atoms in total. The van der Waals surface area contributed by atoms with Crippen molar-refractivity contribution in [3.8, 4) is 0 Å². The Bertz CT molecular complexity index is 1380. The van der Waals surface area contributed by atoms with Crippen molar-refractivity contribution in [2.24, 2.45) is 0 Å². The molecule has 1 aliphatic heterocycles. The molecule has 0 radical (unpaired) electrons. The topological polar surface area (TPSA) is 149 Å². The molecule has 1 heterocycles. The number of aliphatic hydroxyl groups excluding tert-OH is 5. The molecule has 1 rings (SSSR count). The third-order valence-corrected chi connectivity index (χ3v) is 15.3. The lowest BCUT2D eigenvalue weighted by Gasteiger charge is -2.40. The third kappa shape index (κ3) is 44.7. The van der Waals surface area contributed by atoms with Gasteiger partial charge in [0.15, 0.2) is 6.29 Å². The second-order valence-corrected chi connectivity index (χ2v) is 22.5. The van der Waals surface area contributed by atoms with Gasteiger partial charge in [0.1, 0.15) is 24.4 Å². The van der Waals surface area contributed by atoms with Crippen LogP contribution in [0.2, 0.25) is 0 Å². The molecular formula is C67H123NO8. The van der Waals surface area contributed by atoms with Gasteiger partial charge in [0.2, 0.25) is 5.91 Å². The Labute approximate surface area is 468 Å². The van der Waals surface area contributed by atoms with Crippen molar-refractivity contribution in [1.82, 2.24) is 5.32 Å². The average molecular weight is 1070 g/mol. The van der Waals surface area contributed by atoms with Crippen LogP contribution in [-0.2, 0) is 14.3 Å². The number of rotatable bonds is 56. The van der Waals surface area contributed by atoms with Gasteiger partial charge in [-0.15, -0.1) is 0 Å². The highest BCUT2D eigenvalue weighted by atomic mass is 16.7. The van der Waals surface area contributed by atoms with Gasteiger partial charge in [0.25, 0.3) is 0 Å². The summed E-state index contributed by atoms with van der Waals surface area (Å²) < 4.78 is 11.3. The van der Waals surface area contributed by atoms with Gasteiger partial charge in [0, 0.05) is 6.42 Å². The fourth-order valence-electron chi connectivity index (χ4n) is 10.2. The average Bonchev–Trinajstić information content (AvgIpc) is 3.42. The number of carbonyl (C=O) groups is 1. The van der Waals surface area contributed by atoms with E-state index in [0.29, 0.717) is 6.42 Å². The molecule has 0 aromatic rings. The maximum absolute atomic E-state index is 13.1. The lowest BCUT2D eigenvalue weighted by atomic mass is 9.99. The Morgan fingerprint density at radius 1 is 0.447 bits per heavy atom. The zero-order chi connectivity index (χ0) is 55.0. The van der Waals surface area contributed by atoms with Crippen LogP contribution in [0.25, 0.3) is 0 Å². The Morgan fingerprint density at radius 2 is 0.789 bits per heavy atom. The van der Waals surface area contributed by atoms with Gasteiger partial charge in [-0.25, -0.2) is 0 Å². The summed E-state index contributed by atoms with van der Waals surface area (Å²) in [5, 5.41) is 54.6. The zero-order valence-corrected chi connectivity index (χ0v) is 49.5. The molecule has 0 bridgehead atoms. The van der Waals surface area contributed by atoms with Gasteiger partial charge in [-0.2, -0.15) is 0 Å². The minimum absolute atomic E-state index is 0.187. The predicted octanol–water partition coefficient (Wildman–Crippen LogP) is 17.0. The van der Waals surface area contributed by atoms with E-state index in [1.54, 1.807) is 6.08 Å². The number of nitrogens with one attached hydrogen (secondary N) is 1. The van der Waals surface area contributed by atoms with Crippen LogP contribution in [0.3, 0.4) is 0 Å². The van der Waals surface area contributed by atoms with E-state index < -0.39 is 49.5 Å². The van der Waals surface area contributed by atoms with Crippen LogP contribution in [0.5, 0.6) is 0 Å². The van der Waals surface area contributed by atoms with Crippen LogP contribution in [0.1, 0.15) is 303 Å². The van der Waals surface area contributed by atoms with Gasteiger partial charge in [0.05, 0.1) is 25.4 Å². The van der Waals surface area contributed by atoms with Gasteiger partial charge >= 0.3 is 0 Å². The second kappa shape index (κ2) is 56.2. The summed E-state index contributed by atoms with van der Waals surface area (Å²) in [6.07, 6.45) is 70.3. The van der Waals surface area contributed by atoms with E-state index in [4.69, 9.17) is 9.47 Å². The van der Waals surface area contributed by atoms with Crippen LogP contribution >= 0.6 is 0 Å². The van der Waals surface area contributed by atoms with Crippen molar-refractivity contribution in [3.05, 3.63) is 60.8 Å². The van der Waals surface area contributed by atoms with Crippen LogP contribution in [0, 0.1) is 0 Å². The lowest BCUT2D eigenvalue weighted by Crippen LogP contribution is -2.60. The normalized spacial score (nSPS) is 19.2. The molecule has 0 aromatic carbocycles. The highest BCUT2D eigenvalue weighted by Gasteiger charge is 2.44. The van der Waals surface area contributed by atoms with Crippen molar-refractivity contribution in [2.45, 2.75) is 346 Å². The van der Waals surface area contributed by atoms with Crippen molar-refractivity contribution in [1.29, 1.82) is 0 Å². The largest absolute Gasteiger partial charge is 0.394 e. The molecular weight excluding hydrogens is 947 g/mol. The first kappa shape index (κ1) is 71.9. The smallest absolute Gasteiger partial charge is 0.220 e. The molecule has 0 aromatic heterocycles. The summed E-state index contributed by atoms with van der Waals surface area (Å²) in [4.78, 5) is 13.1. The maximum Gasteiger partial charge on any atom is 0.220 e. The molecule has 0 aliphatic carbocycles. The SMILES string of the molecule is CCCCCCC/C=C\C/C=C\CCCCCCCCCCCCCCCCCCCCCCCCCC(=O)NC(COC1OC(CO)C(O)C(O)C1O)C(O)/C=C/CC/C=C/CC/C=C/CCCCCCCCCC. The van der Waals surface area contributed by atoms with Crippen LogP contribution in [0.15, 0.2) is 60.8 Å². The number of ether oxygens (including phenoxy) is 2. The number of hydrogen-bond donors (Lipinski definition) is 6. The Morgan fingerprint density at radius 3 is 1.18 bits per heavy atom. The summed E-state index contributed by atoms with van der Waals surface area (Å²) in [7, 11) is 0. The number of aliphatic hydroxyl groups is 5. The van der Waals surface area contributed by atoms with E-state index in [1.807, 2.05) is 6.08 Å². The van der Waals surface area contributed by atoms with Gasteiger partial charge in [-0.1, -0.05) is 280 Å². The third-order valence-electron chi connectivity index (χ3n) is 15.3. The first-order chi connectivity index (χ1) is 37.3. The highest BCUT2D eigenvalue weighted by molar-refractivity contribution is 5.76. The molecule has 1 fully saturated rings. The number of amides is 1. The Hall–Kier alpha value is -2.11. The molecule has 1 aliphatic rings. The first-order valence-electron chi connectivity index (χ1n) is 32.5. The molecule has 7 unspecified atom stereocenters. The Balaban J connectivity index is 2.12. The highest BCUT2D eigenvalue weighted by Crippen LogP contribution is 2.23. The minimum Gasteiger partial charge on any atom is -0.394 e. The Kier molecular flexibility index (Phi) is 53.1. The molecule has 1 saturated heterocycles. The van der Waals surface area contributed by atoms with Crippen molar-refractivity contribution >= 4 is 5.91 Å². The van der Waals surface area contributed by atoms with Gasteiger partial charge in [-0.3, -0.25) is 4.79 Å². The van der Waals surface area contributed by atoms with E-state index >= 15 is 0 Å². The molecule has 6 N–H and O–H groups in total. The molecule has 76 heavy (non-hydrogen) atoms. The van der Waals surface area contributed by atoms with Crippen molar-refractivity contribution < 1.29 is 39.8 Å². The molecule has 1 amide bonds. The fraction of sp³-hybridized carbons (Fsp3) is 0.836. The summed E-state index contributed by atoms with van der Waals surface area (Å²) in [6, 6.07) is -0.829. The minimum atomic E-state index is -1.58. The van der Waals surface area contributed by atoms with E-state index in [0.717, 1.165) is 51.4 Å². The van der Waals surface area contributed by atoms with E-state index in [2.05, 4.69) is 67.8 Å². The lowest BCUT2D eigenvalue weighted by molar-refractivity contribution is -0.302. The summed E-state index contributed by atoms with van der Waals surface area (Å²) in [6.45, 7) is 3.77. The van der Waals surface area contributed by atoms with Crippen molar-refractivity contribution in [2.75, 3.05) is 13.2 Å². The van der Waals surface area contributed by atoms with Crippen LogP contribution < -0.4 is 5.32 Å². The maximum atomic E-state index is 13.1. The van der Waals surface area contributed by atoms with Gasteiger partial charge < -0.3 is 40.3 Å². The molecule has 0 spiro atoms. The summed E-state index contributed by atoms with van der Waals surface area (Å²) in [5.41, 5.74) is 0. The monoisotopic (exact) mass is 1070 g/mol. The van der Waals surface area contributed by atoms with Gasteiger partial charge in [-0.05, 0) is 77.0 Å². The molecule has 9 heteroatoms. The number of allylic oxidation sites excluding steroid dienone is 9. The second-order valence-electron chi connectivity index (χ2n) is 22.5. The van der Waals surface area contributed by atoms with Crippen molar-refractivity contribution in [3.63, 3.8) is 0 Å². The number of hydrogen-bond acceptors (Lipinski definition) is 8. The standard InChI is InChI=1S/C67H123NO8/c1-3-5-7-9-11-13-15-17-19-21-23-24-25-26-27-28-29-30-31-32-33-34-35-36-37-38-39-41-43-45-47-49-51-53-55-57-63(71)68-60(59-75-67-66(74)65(73)64(72)62(58-69)76-67)61(70)56-54-52-50-48-46-44-42-40-22-20-18-16-14-12-10-8-6-4-2/h15,17,21-23,40,46,48,54,56,60-62,64-67,69-70,72-74H,3-14,16,18-20,24-39,41-45,47,49-53,55,57-59H2,1-2H3,(H,68,71)/b17-15-,23-21-,40-22+,48-46+,56-54+. The fourth-order valence-corrected chi connectivity index (χ4v) is 10.2. The predicted molar refractivity (Wildman–Crippen MR) is 322 cm³/mol. The van der Waals surface area contributed by atoms with Crippen LogP contribution in [0.4, 0.5) is 0 Å². The number of unbranched alkanes of at least 4 members (excludes halogenated alkanes) is 38. The quantitative estimate of drug-likeness (QED) is 0.0261. The molecule has 7 atom stereocenters. The van der Waals surface area contributed by atoms with E-state index in [-0.39, 0.29) is 12.5 Å². The number of carbonyl (C=O) groups excluding carboxylic acids is 1. The van der Waals surface area contributed by atoms with E-state index in [1.165, 1.54) is 231 Å². The van der Waals surface area contributed by atoms with E-state index in [9.17, 15) is 30.3 Å².